The normalized spacial score (nSPS) is 17.7. The standard InChI is InChI=1S/C56H78F2N6O6.CH4/c1-11-37(2)50(66)60-49(56(7,8)9)54(70)64-31-13-15-47(64)53(69)62(33-29-40-22-26-44(58)27-23-40)36-42-18-16-41(17-19-42)35-61(32-28-39-20-24-43(57)25-21-39)52(68)46-14-12-30-63(46)51(67)45(55(4,5)6)34-48(65)38(3)59-10;/h16-27,37-38,45-47,49,59H,11-15,28-36H2,1-10H3,(H,60,66);1H4/t37-,38+,45-,46+,47+,49-;/m1./s1. The quantitative estimate of drug-likeness (QED) is 0.109. The van der Waals surface area contributed by atoms with Gasteiger partial charge in [-0.3, -0.25) is 28.8 Å². The monoisotopic (exact) mass is 985 g/mol. The number of likely N-dealkylation sites (N-methyl/N-ethyl adjacent to an activating group) is 1. The number of hydrogen-bond donors (Lipinski definition) is 2. The van der Waals surface area contributed by atoms with E-state index in [2.05, 4.69) is 10.6 Å². The molecule has 6 atom stereocenters. The number of carbonyl (C=O) groups is 6. The molecule has 14 heteroatoms. The largest absolute Gasteiger partial charge is 0.344 e. The van der Waals surface area contributed by atoms with Crippen LogP contribution in [0.2, 0.25) is 0 Å². The highest BCUT2D eigenvalue weighted by atomic mass is 19.1. The molecule has 0 spiro atoms. The molecule has 12 nitrogen and oxygen atoms in total. The van der Waals surface area contributed by atoms with E-state index in [0.29, 0.717) is 71.1 Å². The number of likely N-dealkylation sites (tertiary alicyclic amines) is 2. The molecule has 2 saturated heterocycles. The molecule has 2 heterocycles. The minimum atomic E-state index is -0.828. The van der Waals surface area contributed by atoms with Gasteiger partial charge in [-0.05, 0) is 116 Å². The molecule has 2 fully saturated rings. The van der Waals surface area contributed by atoms with E-state index in [1.54, 1.807) is 57.8 Å². The van der Waals surface area contributed by atoms with Crippen LogP contribution in [0.4, 0.5) is 8.78 Å². The average Bonchev–Trinajstić information content (AvgIpc) is 4.03. The predicted octanol–water partition coefficient (Wildman–Crippen LogP) is 8.53. The second kappa shape index (κ2) is 25.7. The molecular weight excluding hydrogens is 903 g/mol. The molecular formula is C57H82F2N6O6. The lowest BCUT2D eigenvalue weighted by Crippen LogP contribution is -2.58. The van der Waals surface area contributed by atoms with Crippen molar-refractivity contribution in [3.8, 4) is 0 Å². The van der Waals surface area contributed by atoms with Crippen molar-refractivity contribution in [1.29, 1.82) is 0 Å². The summed E-state index contributed by atoms with van der Waals surface area (Å²) >= 11 is 0. The number of nitrogens with one attached hydrogen (secondary N) is 2. The van der Waals surface area contributed by atoms with Crippen molar-refractivity contribution in [3.63, 3.8) is 0 Å². The Balaban J connectivity index is 0.0000110. The fourth-order valence-corrected chi connectivity index (χ4v) is 9.34. The molecule has 0 radical (unpaired) electrons. The van der Waals surface area contributed by atoms with Crippen LogP contribution in [0.3, 0.4) is 0 Å². The van der Waals surface area contributed by atoms with Crippen molar-refractivity contribution in [1.82, 2.24) is 30.2 Å². The second-order valence-corrected chi connectivity index (χ2v) is 21.7. The maximum Gasteiger partial charge on any atom is 0.246 e. The number of rotatable bonds is 21. The third kappa shape index (κ3) is 15.7. The summed E-state index contributed by atoms with van der Waals surface area (Å²) in [4.78, 5) is 91.3. The second-order valence-electron chi connectivity index (χ2n) is 21.7. The van der Waals surface area contributed by atoms with Crippen LogP contribution in [-0.4, -0.2) is 112 Å². The first-order chi connectivity index (χ1) is 33.0. The highest BCUT2D eigenvalue weighted by molar-refractivity contribution is 5.94. The first-order valence-electron chi connectivity index (χ1n) is 25.3. The molecule has 2 aliphatic rings. The Hall–Kier alpha value is -5.50. The van der Waals surface area contributed by atoms with Crippen LogP contribution >= 0.6 is 0 Å². The van der Waals surface area contributed by atoms with Crippen molar-refractivity contribution in [2.24, 2.45) is 22.7 Å². The highest BCUT2D eigenvalue weighted by Gasteiger charge is 2.45. The summed E-state index contributed by atoms with van der Waals surface area (Å²) in [5.74, 6) is -2.75. The van der Waals surface area contributed by atoms with Crippen LogP contribution < -0.4 is 10.6 Å². The van der Waals surface area contributed by atoms with Gasteiger partial charge in [0, 0.05) is 57.5 Å². The Morgan fingerprint density at radius 1 is 0.648 bits per heavy atom. The minimum Gasteiger partial charge on any atom is -0.344 e. The topological polar surface area (TPSA) is 139 Å². The van der Waals surface area contributed by atoms with Crippen LogP contribution in [0.25, 0.3) is 0 Å². The van der Waals surface area contributed by atoms with Crippen LogP contribution in [0, 0.1) is 34.3 Å². The van der Waals surface area contributed by atoms with Crippen LogP contribution in [-0.2, 0) is 54.7 Å². The van der Waals surface area contributed by atoms with Gasteiger partial charge in [0.05, 0.1) is 6.04 Å². The fourth-order valence-electron chi connectivity index (χ4n) is 9.34. The van der Waals surface area contributed by atoms with Gasteiger partial charge < -0.3 is 30.2 Å². The molecule has 5 amide bonds. The van der Waals surface area contributed by atoms with E-state index in [0.717, 1.165) is 22.3 Å². The van der Waals surface area contributed by atoms with Crippen molar-refractivity contribution in [2.45, 2.75) is 158 Å². The zero-order valence-electron chi connectivity index (χ0n) is 43.3. The number of ketones is 1. The number of benzene rings is 3. The van der Waals surface area contributed by atoms with Gasteiger partial charge >= 0.3 is 0 Å². The predicted molar refractivity (Wildman–Crippen MR) is 276 cm³/mol. The maximum atomic E-state index is 14.8. The Labute approximate surface area is 422 Å². The van der Waals surface area contributed by atoms with Gasteiger partial charge in [-0.1, -0.05) is 111 Å². The maximum absolute atomic E-state index is 14.8. The number of carbonyl (C=O) groups excluding carboxylic acids is 6. The van der Waals surface area contributed by atoms with Gasteiger partial charge in [-0.25, -0.2) is 8.78 Å². The lowest BCUT2D eigenvalue weighted by atomic mass is 9.76. The summed E-state index contributed by atoms with van der Waals surface area (Å²) in [6.07, 6.45) is 3.84. The van der Waals surface area contributed by atoms with Crippen LogP contribution in [0.5, 0.6) is 0 Å². The number of hydrogen-bond acceptors (Lipinski definition) is 7. The molecule has 5 rings (SSSR count). The minimum absolute atomic E-state index is 0. The fraction of sp³-hybridized carbons (Fsp3) is 0.579. The SMILES string of the molecule is C.CC[C@@H](C)C(=O)N[C@H](C(=O)N1CCC[C@H]1C(=O)N(CCc1ccc(F)cc1)Cc1ccc(CN(CCc2ccc(F)cc2)C(=O)[C@@H]2CCCN2C(=O)[C@@H](CC(=O)[C@H](C)NC)C(C)(C)C)cc1)C(C)(C)C. The summed E-state index contributed by atoms with van der Waals surface area (Å²) < 4.78 is 27.8. The molecule has 0 saturated carbocycles. The molecule has 3 aromatic carbocycles. The van der Waals surface area contributed by atoms with E-state index in [1.807, 2.05) is 79.7 Å². The van der Waals surface area contributed by atoms with E-state index in [9.17, 15) is 37.5 Å². The van der Waals surface area contributed by atoms with Gasteiger partial charge in [-0.15, -0.1) is 0 Å². The lowest BCUT2D eigenvalue weighted by molar-refractivity contribution is -0.149. The summed E-state index contributed by atoms with van der Waals surface area (Å²) in [6.45, 7) is 19.0. The molecule has 0 bridgehead atoms. The molecule has 0 unspecified atom stereocenters. The van der Waals surface area contributed by atoms with Gasteiger partial charge in [0.25, 0.3) is 0 Å². The van der Waals surface area contributed by atoms with Crippen molar-refractivity contribution in [3.05, 3.63) is 107 Å². The van der Waals surface area contributed by atoms with Gasteiger partial charge in [-0.2, -0.15) is 0 Å². The Morgan fingerprint density at radius 3 is 1.44 bits per heavy atom. The number of Topliss-reactive ketones (excluding diaryl/α,β-unsaturated/α-hetero) is 1. The Bertz CT molecular complexity index is 2100. The van der Waals surface area contributed by atoms with Crippen LogP contribution in [0.15, 0.2) is 72.8 Å². The summed E-state index contributed by atoms with van der Waals surface area (Å²) in [5, 5.41) is 5.98. The third-order valence-electron chi connectivity index (χ3n) is 14.3. The van der Waals surface area contributed by atoms with Crippen molar-refractivity contribution >= 4 is 35.3 Å². The van der Waals surface area contributed by atoms with Crippen molar-refractivity contribution < 1.29 is 37.5 Å². The van der Waals surface area contributed by atoms with Gasteiger partial charge in [0.1, 0.15) is 35.5 Å². The van der Waals surface area contributed by atoms with E-state index in [4.69, 9.17) is 0 Å². The van der Waals surface area contributed by atoms with Gasteiger partial charge in [0.2, 0.25) is 29.5 Å². The van der Waals surface area contributed by atoms with Crippen molar-refractivity contribution in [2.75, 3.05) is 33.2 Å². The molecule has 3 aromatic rings. The Morgan fingerprint density at radius 2 is 1.06 bits per heavy atom. The molecule has 0 aliphatic carbocycles. The smallest absolute Gasteiger partial charge is 0.246 e. The van der Waals surface area contributed by atoms with E-state index in [-0.39, 0.29) is 79.8 Å². The summed E-state index contributed by atoms with van der Waals surface area (Å²) in [5.41, 5.74) is 2.22. The van der Waals surface area contributed by atoms with E-state index in [1.165, 1.54) is 24.3 Å². The molecule has 2 N–H and O–H groups in total. The number of amides is 5. The zero-order valence-corrected chi connectivity index (χ0v) is 43.3. The summed E-state index contributed by atoms with van der Waals surface area (Å²) in [6, 6.07) is 17.4. The highest BCUT2D eigenvalue weighted by Crippen LogP contribution is 2.34. The first kappa shape index (κ1) is 58.1. The average molecular weight is 985 g/mol. The third-order valence-corrected chi connectivity index (χ3v) is 14.3. The first-order valence-corrected chi connectivity index (χ1v) is 25.3. The molecule has 390 valence electrons. The van der Waals surface area contributed by atoms with Crippen LogP contribution in [0.1, 0.15) is 131 Å². The molecule has 0 aromatic heterocycles. The Kier molecular flexibility index (Phi) is 21.1. The molecule has 71 heavy (non-hydrogen) atoms. The molecule has 2 aliphatic heterocycles. The lowest BCUT2D eigenvalue weighted by Gasteiger charge is -2.37. The summed E-state index contributed by atoms with van der Waals surface area (Å²) in [7, 11) is 1.71. The zero-order chi connectivity index (χ0) is 51.5. The number of nitrogens with zero attached hydrogens (tertiary/aromatic N) is 4. The van der Waals surface area contributed by atoms with E-state index < -0.39 is 40.9 Å². The van der Waals surface area contributed by atoms with Gasteiger partial charge in [0.15, 0.2) is 0 Å². The number of halogens is 2. The van der Waals surface area contributed by atoms with E-state index >= 15 is 0 Å².